The van der Waals surface area contributed by atoms with Crippen molar-refractivity contribution in [1.82, 2.24) is 19.7 Å². The van der Waals surface area contributed by atoms with Crippen LogP contribution in [0.3, 0.4) is 0 Å². The van der Waals surface area contributed by atoms with Crippen LogP contribution >= 0.6 is 0 Å². The first kappa shape index (κ1) is 14.8. The van der Waals surface area contributed by atoms with E-state index in [0.717, 1.165) is 36.8 Å². The summed E-state index contributed by atoms with van der Waals surface area (Å²) in [6.07, 6.45) is -0.252. The van der Waals surface area contributed by atoms with Crippen molar-refractivity contribution in [3.8, 4) is 0 Å². The summed E-state index contributed by atoms with van der Waals surface area (Å²) in [5.74, 6) is -0.547. The van der Waals surface area contributed by atoms with Crippen LogP contribution in [0.15, 0.2) is 0 Å². The Hall–Kier alpha value is -1.15. The van der Waals surface area contributed by atoms with E-state index in [2.05, 4.69) is 15.1 Å². The largest absolute Gasteiger partial charge is 0.451 e. The molecule has 0 radical (unpaired) electrons. The molecule has 5 nitrogen and oxygen atoms in total. The Morgan fingerprint density at radius 2 is 1.86 bits per heavy atom. The maximum absolute atomic E-state index is 12.8. The molecule has 2 aliphatic rings. The minimum atomic E-state index is -4.45. The Bertz CT molecular complexity index is 508. The normalized spacial score (nSPS) is 22.5. The van der Waals surface area contributed by atoms with Crippen molar-refractivity contribution in [2.24, 2.45) is 5.41 Å². The van der Waals surface area contributed by atoms with Gasteiger partial charge in [-0.25, -0.2) is 0 Å². The maximum atomic E-state index is 12.8. The Labute approximate surface area is 120 Å². The van der Waals surface area contributed by atoms with Gasteiger partial charge < -0.3 is 9.67 Å². The van der Waals surface area contributed by atoms with Crippen LogP contribution in [0.2, 0.25) is 0 Å². The molecule has 2 heterocycles. The van der Waals surface area contributed by atoms with Crippen LogP contribution < -0.4 is 0 Å². The second-order valence-electron chi connectivity index (χ2n) is 6.17. The number of alkyl halides is 3. The van der Waals surface area contributed by atoms with Gasteiger partial charge in [-0.05, 0) is 12.8 Å². The molecule has 1 N–H and O–H groups in total. The van der Waals surface area contributed by atoms with Gasteiger partial charge >= 0.3 is 6.18 Å². The van der Waals surface area contributed by atoms with Gasteiger partial charge in [0.25, 0.3) is 0 Å². The molecule has 1 aliphatic heterocycles. The van der Waals surface area contributed by atoms with Gasteiger partial charge in [-0.3, -0.25) is 4.90 Å². The second kappa shape index (κ2) is 5.24. The summed E-state index contributed by atoms with van der Waals surface area (Å²) in [4.78, 5) is 2.09. The van der Waals surface area contributed by atoms with Gasteiger partial charge in [0.1, 0.15) is 5.82 Å². The third kappa shape index (κ3) is 2.78. The first-order valence-electron chi connectivity index (χ1n) is 7.26. The van der Waals surface area contributed by atoms with Crippen molar-refractivity contribution in [1.29, 1.82) is 0 Å². The molecular formula is C13H19F3N4O. The number of fused-ring (bicyclic) bond motifs is 1. The van der Waals surface area contributed by atoms with Crippen molar-refractivity contribution >= 4 is 0 Å². The maximum Gasteiger partial charge on any atom is 0.451 e. The number of hydrogen-bond donors (Lipinski definition) is 1. The van der Waals surface area contributed by atoms with Crippen molar-refractivity contribution in [2.75, 3.05) is 19.7 Å². The van der Waals surface area contributed by atoms with Gasteiger partial charge in [-0.2, -0.15) is 13.2 Å². The van der Waals surface area contributed by atoms with E-state index in [9.17, 15) is 18.3 Å². The van der Waals surface area contributed by atoms with E-state index >= 15 is 0 Å². The van der Waals surface area contributed by atoms with Crippen LogP contribution in [0.25, 0.3) is 0 Å². The first-order valence-corrected chi connectivity index (χ1v) is 7.26. The molecule has 0 saturated heterocycles. The van der Waals surface area contributed by atoms with Gasteiger partial charge in [0, 0.05) is 31.7 Å². The van der Waals surface area contributed by atoms with Crippen molar-refractivity contribution in [3.63, 3.8) is 0 Å². The summed E-state index contributed by atoms with van der Waals surface area (Å²) >= 11 is 0. The highest BCUT2D eigenvalue weighted by Crippen LogP contribution is 2.39. The van der Waals surface area contributed by atoms with Gasteiger partial charge in [0.2, 0.25) is 5.82 Å². The van der Waals surface area contributed by atoms with Gasteiger partial charge in [-0.15, -0.1) is 10.2 Å². The van der Waals surface area contributed by atoms with E-state index in [-0.39, 0.29) is 18.6 Å². The standard InChI is InChI=1S/C13H19F3N4O/c14-13(15,16)11-18-17-10-7-19(5-6-20(10)11)8-12(9-21)3-1-2-4-12/h21H,1-9H2. The SMILES string of the molecule is OCC1(CN2CCn3c(nnc3C(F)(F)F)C2)CCCC1. The zero-order valence-electron chi connectivity index (χ0n) is 11.7. The molecular weight excluding hydrogens is 285 g/mol. The molecule has 21 heavy (non-hydrogen) atoms. The molecule has 0 unspecified atom stereocenters. The van der Waals surface area contributed by atoms with E-state index in [1.807, 2.05) is 0 Å². The lowest BCUT2D eigenvalue weighted by Gasteiger charge is -2.36. The van der Waals surface area contributed by atoms with Gasteiger partial charge in [-0.1, -0.05) is 12.8 Å². The van der Waals surface area contributed by atoms with Gasteiger partial charge in [0.05, 0.1) is 6.54 Å². The van der Waals surface area contributed by atoms with Crippen LogP contribution in [0.4, 0.5) is 13.2 Å². The van der Waals surface area contributed by atoms with Crippen LogP contribution in [0.1, 0.15) is 37.3 Å². The van der Waals surface area contributed by atoms with Crippen LogP contribution in [0.5, 0.6) is 0 Å². The number of halogens is 3. The molecule has 8 heteroatoms. The number of aliphatic hydroxyl groups excluding tert-OH is 1. The Morgan fingerprint density at radius 1 is 1.14 bits per heavy atom. The third-order valence-electron chi connectivity index (χ3n) is 4.64. The number of aromatic nitrogens is 3. The van der Waals surface area contributed by atoms with Crippen LogP contribution in [-0.2, 0) is 19.3 Å². The van der Waals surface area contributed by atoms with E-state index < -0.39 is 12.0 Å². The summed E-state index contributed by atoms with van der Waals surface area (Å²) in [5.41, 5.74) is -0.0882. The molecule has 0 aromatic carbocycles. The summed E-state index contributed by atoms with van der Waals surface area (Å²) in [6.45, 7) is 2.01. The van der Waals surface area contributed by atoms with Crippen molar-refractivity contribution in [2.45, 2.75) is 44.9 Å². The average Bonchev–Trinajstić information content (AvgIpc) is 3.04. The van der Waals surface area contributed by atoms with E-state index in [0.29, 0.717) is 18.9 Å². The molecule has 3 rings (SSSR count). The predicted octanol–water partition coefficient (Wildman–Crippen LogP) is 1.67. The highest BCUT2D eigenvalue weighted by molar-refractivity contribution is 5.03. The summed E-state index contributed by atoms with van der Waals surface area (Å²) < 4.78 is 39.5. The molecule has 1 aromatic heterocycles. The van der Waals surface area contributed by atoms with Crippen molar-refractivity contribution in [3.05, 3.63) is 11.6 Å². The van der Waals surface area contributed by atoms with E-state index in [4.69, 9.17) is 0 Å². The van der Waals surface area contributed by atoms with Crippen LogP contribution in [0, 0.1) is 5.41 Å². The predicted molar refractivity (Wildman–Crippen MR) is 68.3 cm³/mol. The minimum absolute atomic E-state index is 0.0882. The molecule has 0 atom stereocenters. The molecule has 1 saturated carbocycles. The Morgan fingerprint density at radius 3 is 2.48 bits per heavy atom. The molecule has 0 spiro atoms. The zero-order chi connectivity index (χ0) is 15.1. The third-order valence-corrected chi connectivity index (χ3v) is 4.64. The summed E-state index contributed by atoms with van der Waals surface area (Å²) in [6, 6.07) is 0. The van der Waals surface area contributed by atoms with E-state index in [1.165, 1.54) is 0 Å². The molecule has 0 bridgehead atoms. The van der Waals surface area contributed by atoms with Crippen molar-refractivity contribution < 1.29 is 18.3 Å². The number of hydrogen-bond acceptors (Lipinski definition) is 4. The number of aliphatic hydroxyl groups is 1. The average molecular weight is 304 g/mol. The smallest absolute Gasteiger partial charge is 0.396 e. The Kier molecular flexibility index (Phi) is 3.69. The molecule has 1 aliphatic carbocycles. The Balaban J connectivity index is 1.72. The molecule has 118 valence electrons. The fourth-order valence-corrected chi connectivity index (χ4v) is 3.52. The van der Waals surface area contributed by atoms with Crippen LogP contribution in [-0.4, -0.2) is 44.5 Å². The second-order valence-corrected chi connectivity index (χ2v) is 6.17. The first-order chi connectivity index (χ1) is 9.93. The highest BCUT2D eigenvalue weighted by atomic mass is 19.4. The summed E-state index contributed by atoms with van der Waals surface area (Å²) in [5, 5.41) is 16.6. The monoisotopic (exact) mass is 304 g/mol. The molecule has 0 amide bonds. The minimum Gasteiger partial charge on any atom is -0.396 e. The lowest BCUT2D eigenvalue weighted by atomic mass is 9.86. The number of nitrogens with zero attached hydrogens (tertiary/aromatic N) is 4. The van der Waals surface area contributed by atoms with E-state index in [1.54, 1.807) is 0 Å². The summed E-state index contributed by atoms with van der Waals surface area (Å²) in [7, 11) is 0. The fourth-order valence-electron chi connectivity index (χ4n) is 3.52. The fraction of sp³-hybridized carbons (Fsp3) is 0.846. The zero-order valence-corrected chi connectivity index (χ0v) is 11.7. The number of rotatable bonds is 3. The topological polar surface area (TPSA) is 54.2 Å². The van der Waals surface area contributed by atoms with Gasteiger partial charge in [0.15, 0.2) is 0 Å². The molecule has 1 aromatic rings. The molecule has 1 fully saturated rings. The lowest BCUT2D eigenvalue weighted by Crippen LogP contribution is -2.43. The lowest BCUT2D eigenvalue weighted by molar-refractivity contribution is -0.148. The highest BCUT2D eigenvalue weighted by Gasteiger charge is 2.41. The quantitative estimate of drug-likeness (QED) is 0.923.